The predicted octanol–water partition coefficient (Wildman–Crippen LogP) is 2.66. The Morgan fingerprint density at radius 1 is 1.22 bits per heavy atom. The summed E-state index contributed by atoms with van der Waals surface area (Å²) in [5.41, 5.74) is -0.339. The van der Waals surface area contributed by atoms with Gasteiger partial charge in [-0.15, -0.1) is 0 Å². The molecule has 2 saturated heterocycles. The third-order valence-electron chi connectivity index (χ3n) is 7.24. The first-order valence-corrected chi connectivity index (χ1v) is 12.9. The summed E-state index contributed by atoms with van der Waals surface area (Å²) < 4.78 is 10.6. The molecule has 0 aromatic heterocycles. The van der Waals surface area contributed by atoms with Crippen LogP contribution in [-0.2, 0) is 23.9 Å². The number of halogens is 1. The van der Waals surface area contributed by atoms with E-state index in [1.165, 1.54) is 0 Å². The zero-order valence-electron chi connectivity index (χ0n) is 21.1. The lowest BCUT2D eigenvalue weighted by molar-refractivity contribution is -0.165. The smallest absolute Gasteiger partial charge is 0.310 e. The molecule has 1 aliphatic carbocycles. The number of ether oxygens (including phenoxy) is 2. The Morgan fingerprint density at radius 2 is 1.94 bits per heavy atom. The van der Waals surface area contributed by atoms with E-state index in [2.05, 4.69) is 10.6 Å². The number of hydrogen-bond acceptors (Lipinski definition) is 6. The second kappa shape index (κ2) is 10.4. The SMILES string of the molecule is CCO[C@H]1OC(=O)CC1NC(=O)[C@@H]1[C@H]2CC[C@H](C2)N1C(=O)[C@@H](NC(=O)c1ccccc1Cl)C(C)(C)C. The minimum Gasteiger partial charge on any atom is -0.433 e. The fourth-order valence-corrected chi connectivity index (χ4v) is 5.75. The van der Waals surface area contributed by atoms with Gasteiger partial charge in [-0.3, -0.25) is 19.2 Å². The Morgan fingerprint density at radius 3 is 2.61 bits per heavy atom. The van der Waals surface area contributed by atoms with Crippen molar-refractivity contribution in [1.29, 1.82) is 0 Å². The summed E-state index contributed by atoms with van der Waals surface area (Å²) >= 11 is 6.21. The molecule has 1 aromatic carbocycles. The van der Waals surface area contributed by atoms with Crippen molar-refractivity contribution in [3.05, 3.63) is 34.9 Å². The van der Waals surface area contributed by atoms with Crippen LogP contribution in [0.1, 0.15) is 63.7 Å². The summed E-state index contributed by atoms with van der Waals surface area (Å²) in [5.74, 6) is -1.48. The summed E-state index contributed by atoms with van der Waals surface area (Å²) in [6.45, 7) is 7.74. The van der Waals surface area contributed by atoms with Crippen LogP contribution in [-0.4, -0.2) is 65.7 Å². The molecule has 3 aliphatic rings. The molecule has 1 unspecified atom stereocenters. The number of benzene rings is 1. The molecule has 4 rings (SSSR count). The molecule has 10 heteroatoms. The topological polar surface area (TPSA) is 114 Å². The third-order valence-corrected chi connectivity index (χ3v) is 7.57. The molecule has 196 valence electrons. The number of cyclic esters (lactones) is 1. The van der Waals surface area contributed by atoms with E-state index in [1.807, 2.05) is 20.8 Å². The van der Waals surface area contributed by atoms with Crippen molar-refractivity contribution < 1.29 is 28.7 Å². The molecule has 6 atom stereocenters. The van der Waals surface area contributed by atoms with E-state index in [0.29, 0.717) is 11.6 Å². The number of hydrogen-bond donors (Lipinski definition) is 2. The fraction of sp³-hybridized carbons (Fsp3) is 0.615. The maximum atomic E-state index is 14.0. The fourth-order valence-electron chi connectivity index (χ4n) is 5.53. The third kappa shape index (κ3) is 5.22. The van der Waals surface area contributed by atoms with Gasteiger partial charge in [-0.25, -0.2) is 0 Å². The van der Waals surface area contributed by atoms with E-state index in [4.69, 9.17) is 21.1 Å². The van der Waals surface area contributed by atoms with Gasteiger partial charge in [0.15, 0.2) is 0 Å². The van der Waals surface area contributed by atoms with Crippen molar-refractivity contribution in [1.82, 2.24) is 15.5 Å². The highest BCUT2D eigenvalue weighted by Gasteiger charge is 2.54. The van der Waals surface area contributed by atoms with Gasteiger partial charge in [-0.05, 0) is 49.7 Å². The largest absolute Gasteiger partial charge is 0.433 e. The molecule has 0 spiro atoms. The van der Waals surface area contributed by atoms with Gasteiger partial charge in [0.2, 0.25) is 18.1 Å². The molecule has 2 bridgehead atoms. The van der Waals surface area contributed by atoms with Crippen LogP contribution in [0.15, 0.2) is 24.3 Å². The summed E-state index contributed by atoms with van der Waals surface area (Å²) in [4.78, 5) is 54.0. The number of piperidine rings is 1. The highest BCUT2D eigenvalue weighted by molar-refractivity contribution is 6.33. The number of likely N-dealkylation sites (tertiary alicyclic amines) is 1. The maximum Gasteiger partial charge on any atom is 0.310 e. The normalized spacial score (nSPS) is 28.1. The quantitative estimate of drug-likeness (QED) is 0.535. The highest BCUT2D eigenvalue weighted by Crippen LogP contribution is 2.44. The van der Waals surface area contributed by atoms with Gasteiger partial charge in [0.05, 0.1) is 17.0 Å². The Balaban J connectivity index is 1.55. The van der Waals surface area contributed by atoms with Crippen molar-refractivity contribution in [2.45, 2.75) is 83.8 Å². The van der Waals surface area contributed by atoms with E-state index in [1.54, 1.807) is 36.1 Å². The van der Waals surface area contributed by atoms with E-state index >= 15 is 0 Å². The predicted molar refractivity (Wildman–Crippen MR) is 132 cm³/mol. The number of esters is 1. The molecule has 36 heavy (non-hydrogen) atoms. The van der Waals surface area contributed by atoms with Crippen molar-refractivity contribution >= 4 is 35.3 Å². The molecular weight excluding hydrogens is 486 g/mol. The van der Waals surface area contributed by atoms with Crippen LogP contribution in [0.3, 0.4) is 0 Å². The van der Waals surface area contributed by atoms with E-state index in [0.717, 1.165) is 19.3 Å². The number of rotatable bonds is 7. The molecular formula is C26H34ClN3O6. The molecule has 9 nitrogen and oxygen atoms in total. The maximum absolute atomic E-state index is 14.0. The summed E-state index contributed by atoms with van der Waals surface area (Å²) in [5, 5.41) is 6.08. The van der Waals surface area contributed by atoms with E-state index in [-0.39, 0.29) is 35.8 Å². The number of amides is 3. The highest BCUT2D eigenvalue weighted by atomic mass is 35.5. The van der Waals surface area contributed by atoms with E-state index in [9.17, 15) is 19.2 Å². The summed E-state index contributed by atoms with van der Waals surface area (Å²) in [7, 11) is 0. The molecule has 3 amide bonds. The van der Waals surface area contributed by atoms with Crippen LogP contribution in [0.4, 0.5) is 0 Å². The molecule has 2 N–H and O–H groups in total. The van der Waals surface area contributed by atoms with Crippen molar-refractivity contribution in [2.75, 3.05) is 6.61 Å². The van der Waals surface area contributed by atoms with Crippen LogP contribution in [0.5, 0.6) is 0 Å². The Kier molecular flexibility index (Phi) is 7.61. The summed E-state index contributed by atoms with van der Waals surface area (Å²) in [6, 6.07) is 4.42. The first-order valence-electron chi connectivity index (χ1n) is 12.5. The minimum atomic E-state index is -0.872. The number of nitrogens with one attached hydrogen (secondary N) is 2. The first kappa shape index (κ1) is 26.4. The van der Waals surface area contributed by atoms with E-state index < -0.39 is 41.7 Å². The van der Waals surface area contributed by atoms with Crippen LogP contribution >= 0.6 is 11.6 Å². The van der Waals surface area contributed by atoms with Crippen LogP contribution in [0, 0.1) is 11.3 Å². The average molecular weight is 520 g/mol. The number of fused-ring (bicyclic) bond motifs is 2. The lowest BCUT2D eigenvalue weighted by Gasteiger charge is -2.40. The van der Waals surface area contributed by atoms with Crippen LogP contribution in [0.25, 0.3) is 0 Å². The molecule has 2 aliphatic heterocycles. The first-order chi connectivity index (χ1) is 17.0. The van der Waals surface area contributed by atoms with Crippen molar-refractivity contribution in [3.63, 3.8) is 0 Å². The van der Waals surface area contributed by atoms with Gasteiger partial charge >= 0.3 is 5.97 Å². The second-order valence-electron chi connectivity index (χ2n) is 10.8. The monoisotopic (exact) mass is 519 g/mol. The molecule has 1 saturated carbocycles. The average Bonchev–Trinajstić information content (AvgIpc) is 3.51. The van der Waals surface area contributed by atoms with Crippen LogP contribution in [0.2, 0.25) is 5.02 Å². The van der Waals surface area contributed by atoms with Crippen molar-refractivity contribution in [2.24, 2.45) is 11.3 Å². The Labute approximate surface area is 216 Å². The van der Waals surface area contributed by atoms with Gasteiger partial charge in [0.1, 0.15) is 18.1 Å². The lowest BCUT2D eigenvalue weighted by Crippen LogP contribution is -2.62. The zero-order chi connectivity index (χ0) is 26.2. The molecule has 1 aromatic rings. The van der Waals surface area contributed by atoms with Gasteiger partial charge in [0.25, 0.3) is 5.91 Å². The lowest BCUT2D eigenvalue weighted by atomic mass is 9.84. The molecule has 3 fully saturated rings. The second-order valence-corrected chi connectivity index (χ2v) is 11.2. The summed E-state index contributed by atoms with van der Waals surface area (Å²) in [6.07, 6.45) is 1.56. The Bertz CT molecular complexity index is 1040. The molecule has 0 radical (unpaired) electrons. The van der Waals surface area contributed by atoms with Crippen LogP contribution < -0.4 is 10.6 Å². The van der Waals surface area contributed by atoms with Crippen molar-refractivity contribution in [3.8, 4) is 0 Å². The van der Waals surface area contributed by atoms with Gasteiger partial charge < -0.3 is 25.0 Å². The molecule has 2 heterocycles. The minimum absolute atomic E-state index is 0.0161. The van der Waals surface area contributed by atoms with Gasteiger partial charge in [-0.1, -0.05) is 44.5 Å². The zero-order valence-corrected chi connectivity index (χ0v) is 21.8. The Hall–Kier alpha value is -2.65. The number of carbonyl (C=O) groups excluding carboxylic acids is 4. The number of nitrogens with zero attached hydrogens (tertiary/aromatic N) is 1. The standard InChI is InChI=1S/C26H34ClN3O6/c1-5-35-25-18(13-19(31)36-25)28-23(33)20-14-10-11-15(12-14)30(20)24(34)21(26(2,3)4)29-22(32)16-8-6-7-9-17(16)27/h6-9,14-15,18,20-21,25H,5,10-13H2,1-4H3,(H,28,33)(H,29,32)/t14-,15+,18?,20-,21+,25-/m0/s1. The van der Waals surface area contributed by atoms with Gasteiger partial charge in [0, 0.05) is 12.6 Å². The number of carbonyl (C=O) groups is 4. The van der Waals surface area contributed by atoms with Gasteiger partial charge in [-0.2, -0.15) is 0 Å².